The van der Waals surface area contributed by atoms with Crippen LogP contribution in [0, 0.1) is 23.3 Å². The molecule has 31 heavy (non-hydrogen) atoms. The summed E-state index contributed by atoms with van der Waals surface area (Å²) in [5.41, 5.74) is 0.0343. The Kier molecular flexibility index (Phi) is 5.24. The molecule has 0 unspecified atom stereocenters. The van der Waals surface area contributed by atoms with Crippen LogP contribution in [-0.2, 0) is 4.79 Å². The van der Waals surface area contributed by atoms with E-state index in [1.807, 2.05) is 0 Å². The number of aromatic nitrogens is 4. The van der Waals surface area contributed by atoms with Crippen LogP contribution < -0.4 is 9.64 Å². The Balaban J connectivity index is 1.77. The molecule has 0 spiro atoms. The number of carbonyl (C=O) groups excluding carboxylic acids is 1. The molecule has 0 saturated heterocycles. The highest BCUT2D eigenvalue weighted by Crippen LogP contribution is 2.35. The highest BCUT2D eigenvalue weighted by atomic mass is 19.1. The Labute approximate surface area is 172 Å². The maximum absolute atomic E-state index is 15.0. The number of anilines is 2. The zero-order valence-electron chi connectivity index (χ0n) is 15.9. The van der Waals surface area contributed by atoms with Crippen molar-refractivity contribution in [2.45, 2.75) is 6.92 Å². The summed E-state index contributed by atoms with van der Waals surface area (Å²) in [6.45, 7) is 0.963. The number of ketones is 1. The SMILES string of the molecule is CC(=O)CN(c1cc(F)c(Oc2ccc(F)cc2F)cc1F)c1ncnc2[nH]ncc12. The summed E-state index contributed by atoms with van der Waals surface area (Å²) in [6.07, 6.45) is 2.58. The zero-order valence-corrected chi connectivity index (χ0v) is 15.9. The van der Waals surface area contributed by atoms with Crippen LogP contribution in [0.3, 0.4) is 0 Å². The van der Waals surface area contributed by atoms with Crippen LogP contribution in [0.4, 0.5) is 29.1 Å². The number of ether oxygens (including phenoxy) is 1. The fraction of sp³-hybridized carbons (Fsp3) is 0.100. The van der Waals surface area contributed by atoms with E-state index >= 15 is 0 Å². The van der Waals surface area contributed by atoms with Gasteiger partial charge in [0, 0.05) is 18.2 Å². The fourth-order valence-corrected chi connectivity index (χ4v) is 2.94. The molecule has 0 amide bonds. The third kappa shape index (κ3) is 4.02. The third-order valence-electron chi connectivity index (χ3n) is 4.27. The van der Waals surface area contributed by atoms with E-state index in [0.29, 0.717) is 23.2 Å². The van der Waals surface area contributed by atoms with Gasteiger partial charge in [-0.2, -0.15) is 5.10 Å². The highest BCUT2D eigenvalue weighted by molar-refractivity contribution is 5.92. The average molecular weight is 431 g/mol. The van der Waals surface area contributed by atoms with E-state index < -0.39 is 34.8 Å². The lowest BCUT2D eigenvalue weighted by molar-refractivity contribution is -0.115. The van der Waals surface area contributed by atoms with Crippen molar-refractivity contribution in [1.82, 2.24) is 20.2 Å². The van der Waals surface area contributed by atoms with E-state index in [9.17, 15) is 22.4 Å². The van der Waals surface area contributed by atoms with Gasteiger partial charge in [0.2, 0.25) is 0 Å². The smallest absolute Gasteiger partial charge is 0.168 e. The second-order valence-electron chi connectivity index (χ2n) is 6.53. The second kappa shape index (κ2) is 8.01. The fourth-order valence-electron chi connectivity index (χ4n) is 2.94. The number of benzene rings is 2. The first-order valence-corrected chi connectivity index (χ1v) is 8.86. The van der Waals surface area contributed by atoms with E-state index in [-0.39, 0.29) is 23.8 Å². The molecule has 0 saturated carbocycles. The van der Waals surface area contributed by atoms with Crippen LogP contribution >= 0.6 is 0 Å². The van der Waals surface area contributed by atoms with Gasteiger partial charge in [-0.25, -0.2) is 27.5 Å². The first-order valence-electron chi connectivity index (χ1n) is 8.86. The Hall–Kier alpha value is -4.02. The molecule has 4 aromatic rings. The van der Waals surface area contributed by atoms with Crippen LogP contribution in [0.5, 0.6) is 11.5 Å². The van der Waals surface area contributed by atoms with E-state index in [1.54, 1.807) is 0 Å². The summed E-state index contributed by atoms with van der Waals surface area (Å²) < 4.78 is 61.7. The molecule has 2 aromatic carbocycles. The summed E-state index contributed by atoms with van der Waals surface area (Å²) in [7, 11) is 0. The monoisotopic (exact) mass is 431 g/mol. The number of hydrogen-bond acceptors (Lipinski definition) is 6. The Morgan fingerprint density at radius 2 is 1.81 bits per heavy atom. The number of halogens is 4. The third-order valence-corrected chi connectivity index (χ3v) is 4.27. The van der Waals surface area contributed by atoms with E-state index in [1.165, 1.54) is 24.3 Å². The molecule has 1 N–H and O–H groups in total. The van der Waals surface area contributed by atoms with Gasteiger partial charge < -0.3 is 9.64 Å². The van der Waals surface area contributed by atoms with Crippen molar-refractivity contribution in [3.63, 3.8) is 0 Å². The number of hydrogen-bond donors (Lipinski definition) is 1. The molecule has 0 atom stereocenters. The van der Waals surface area contributed by atoms with Crippen LogP contribution in [0.15, 0.2) is 42.9 Å². The van der Waals surface area contributed by atoms with Gasteiger partial charge in [0.25, 0.3) is 0 Å². The number of Topliss-reactive ketones (excluding diaryl/α,β-unsaturated/α-hetero) is 1. The van der Waals surface area contributed by atoms with Crippen molar-refractivity contribution in [2.24, 2.45) is 0 Å². The highest BCUT2D eigenvalue weighted by Gasteiger charge is 2.23. The van der Waals surface area contributed by atoms with Crippen molar-refractivity contribution in [3.05, 3.63) is 66.1 Å². The van der Waals surface area contributed by atoms with Gasteiger partial charge >= 0.3 is 0 Å². The summed E-state index contributed by atoms with van der Waals surface area (Å²) in [4.78, 5) is 21.1. The molecule has 0 aliphatic rings. The van der Waals surface area contributed by atoms with Crippen molar-refractivity contribution in [3.8, 4) is 11.5 Å². The molecule has 0 radical (unpaired) electrons. The summed E-state index contributed by atoms with van der Waals surface area (Å²) in [5, 5.41) is 6.86. The van der Waals surface area contributed by atoms with Crippen LogP contribution in [0.2, 0.25) is 0 Å². The molecular formula is C20H13F4N5O2. The Bertz CT molecular complexity index is 1290. The maximum Gasteiger partial charge on any atom is 0.168 e. The number of rotatable bonds is 6. The molecular weight excluding hydrogens is 418 g/mol. The van der Waals surface area contributed by atoms with Crippen molar-refractivity contribution in [1.29, 1.82) is 0 Å². The van der Waals surface area contributed by atoms with Gasteiger partial charge in [0.15, 0.2) is 34.6 Å². The number of carbonyl (C=O) groups is 1. The minimum atomic E-state index is -1.08. The van der Waals surface area contributed by atoms with Gasteiger partial charge in [-0.3, -0.25) is 9.89 Å². The quantitative estimate of drug-likeness (QED) is 0.455. The number of H-pyrrole nitrogens is 1. The van der Waals surface area contributed by atoms with Crippen molar-refractivity contribution in [2.75, 3.05) is 11.4 Å². The van der Waals surface area contributed by atoms with Gasteiger partial charge in [-0.15, -0.1) is 0 Å². The lowest BCUT2D eigenvalue weighted by atomic mass is 10.2. The number of nitrogens with one attached hydrogen (secondary N) is 1. The van der Waals surface area contributed by atoms with Gasteiger partial charge in [0.05, 0.1) is 23.8 Å². The number of fused-ring (bicyclic) bond motifs is 1. The molecule has 0 fully saturated rings. The minimum absolute atomic E-state index is 0.130. The van der Waals surface area contributed by atoms with Crippen molar-refractivity contribution >= 4 is 28.3 Å². The van der Waals surface area contributed by atoms with Gasteiger partial charge in [0.1, 0.15) is 23.7 Å². The molecule has 0 aliphatic heterocycles. The molecule has 11 heteroatoms. The first kappa shape index (κ1) is 20.3. The van der Waals surface area contributed by atoms with Gasteiger partial charge in [-0.1, -0.05) is 0 Å². The Morgan fingerprint density at radius 1 is 1.03 bits per heavy atom. The molecule has 2 aromatic heterocycles. The van der Waals surface area contributed by atoms with Crippen LogP contribution in [0.25, 0.3) is 11.0 Å². The number of aromatic amines is 1. The van der Waals surface area contributed by atoms with Crippen molar-refractivity contribution < 1.29 is 27.1 Å². The standard InChI is InChI=1S/C20H13F4N5O2/c1-10(30)8-29(20-12-7-27-28-19(12)25-9-26-20)16-5-15(24)18(6-13(16)22)31-17-3-2-11(21)4-14(17)23/h2-7,9H,8H2,1H3,(H,25,26,27,28). The molecule has 4 rings (SSSR count). The predicted octanol–water partition coefficient (Wildman–Crippen LogP) is 4.43. The van der Waals surface area contributed by atoms with Crippen LogP contribution in [0.1, 0.15) is 6.92 Å². The summed E-state index contributed by atoms with van der Waals surface area (Å²) in [6, 6.07) is 3.92. The van der Waals surface area contributed by atoms with E-state index in [4.69, 9.17) is 4.74 Å². The average Bonchev–Trinajstić information content (AvgIpc) is 3.19. The summed E-state index contributed by atoms with van der Waals surface area (Å²) >= 11 is 0. The second-order valence-corrected chi connectivity index (χ2v) is 6.53. The lowest BCUT2D eigenvalue weighted by Gasteiger charge is -2.24. The van der Waals surface area contributed by atoms with Gasteiger partial charge in [-0.05, 0) is 19.1 Å². The van der Waals surface area contributed by atoms with E-state index in [0.717, 1.165) is 18.2 Å². The predicted molar refractivity (Wildman–Crippen MR) is 102 cm³/mol. The van der Waals surface area contributed by atoms with Crippen LogP contribution in [-0.4, -0.2) is 32.5 Å². The first-order chi connectivity index (χ1) is 14.8. The topological polar surface area (TPSA) is 84.0 Å². The Morgan fingerprint density at radius 3 is 2.55 bits per heavy atom. The maximum atomic E-state index is 15.0. The molecule has 0 aliphatic carbocycles. The summed E-state index contributed by atoms with van der Waals surface area (Å²) in [5.74, 6) is -5.24. The minimum Gasteiger partial charge on any atom is -0.451 e. The molecule has 7 nitrogen and oxygen atoms in total. The molecule has 2 heterocycles. The largest absolute Gasteiger partial charge is 0.451 e. The molecule has 158 valence electrons. The van der Waals surface area contributed by atoms with E-state index in [2.05, 4.69) is 20.2 Å². The molecule has 0 bridgehead atoms. The lowest BCUT2D eigenvalue weighted by Crippen LogP contribution is -2.26. The zero-order chi connectivity index (χ0) is 22.1. The normalized spacial score (nSPS) is 11.0. The number of nitrogens with zero attached hydrogens (tertiary/aromatic N) is 4.